The number of alkyl halides is 3. The maximum atomic E-state index is 13.0. The molecule has 1 aromatic heterocycles. The average Bonchev–Trinajstić information content (AvgIpc) is 3.02. The molecule has 21 heavy (non-hydrogen) atoms. The molecule has 0 aliphatic heterocycles. The zero-order chi connectivity index (χ0) is 15.5. The van der Waals surface area contributed by atoms with E-state index in [-0.39, 0.29) is 12.6 Å². The van der Waals surface area contributed by atoms with E-state index in [1.165, 1.54) is 37.0 Å². The first-order valence-electron chi connectivity index (χ1n) is 7.27. The van der Waals surface area contributed by atoms with Gasteiger partial charge in [-0.25, -0.2) is 4.98 Å². The quantitative estimate of drug-likeness (QED) is 0.804. The van der Waals surface area contributed by atoms with Crippen molar-refractivity contribution in [3.8, 4) is 0 Å². The van der Waals surface area contributed by atoms with Crippen LogP contribution in [0.2, 0.25) is 0 Å². The van der Waals surface area contributed by atoms with E-state index in [0.717, 1.165) is 0 Å². The Kier molecular flexibility index (Phi) is 5.96. The van der Waals surface area contributed by atoms with Crippen molar-refractivity contribution in [1.29, 1.82) is 0 Å². The minimum atomic E-state index is -4.36. The van der Waals surface area contributed by atoms with Gasteiger partial charge in [-0.1, -0.05) is 26.7 Å². The zero-order valence-electron chi connectivity index (χ0n) is 12.3. The van der Waals surface area contributed by atoms with Gasteiger partial charge in [0.25, 0.3) is 0 Å². The number of thiazole rings is 1. The second-order valence-electron chi connectivity index (χ2n) is 5.63. The predicted octanol–water partition coefficient (Wildman–Crippen LogP) is 4.84. The summed E-state index contributed by atoms with van der Waals surface area (Å²) in [4.78, 5) is 4.16. The van der Waals surface area contributed by atoms with Crippen molar-refractivity contribution in [3.05, 3.63) is 15.6 Å². The second-order valence-corrected chi connectivity index (χ2v) is 8.09. The molecular formula is C14H21F3N2S2. The zero-order valence-corrected chi connectivity index (χ0v) is 13.9. The minimum absolute atomic E-state index is 0.157. The molecule has 1 aromatic rings. The van der Waals surface area contributed by atoms with Crippen LogP contribution in [0.1, 0.15) is 55.1 Å². The average molecular weight is 338 g/mol. The van der Waals surface area contributed by atoms with Gasteiger partial charge >= 0.3 is 6.18 Å². The van der Waals surface area contributed by atoms with E-state index < -0.39 is 11.9 Å². The summed E-state index contributed by atoms with van der Waals surface area (Å²) in [6.45, 7) is 4.08. The summed E-state index contributed by atoms with van der Waals surface area (Å²) in [6, 6.07) is 0.157. The highest BCUT2D eigenvalue weighted by Gasteiger charge is 2.37. The molecule has 1 fully saturated rings. The first-order valence-corrected chi connectivity index (χ1v) is 9.13. The Labute approximate surface area is 131 Å². The highest BCUT2D eigenvalue weighted by molar-refractivity contribution is 7.99. The van der Waals surface area contributed by atoms with Gasteiger partial charge in [0.1, 0.15) is 5.01 Å². The fourth-order valence-electron chi connectivity index (χ4n) is 2.34. The van der Waals surface area contributed by atoms with E-state index in [9.17, 15) is 13.2 Å². The number of nitrogens with one attached hydrogen (secondary N) is 1. The molecule has 0 atom stereocenters. The number of aromatic nitrogens is 1. The molecule has 0 radical (unpaired) electrons. The molecule has 0 spiro atoms. The van der Waals surface area contributed by atoms with Crippen molar-refractivity contribution in [3.63, 3.8) is 0 Å². The van der Waals surface area contributed by atoms with Gasteiger partial charge in [0, 0.05) is 23.6 Å². The van der Waals surface area contributed by atoms with Crippen LogP contribution in [-0.4, -0.2) is 16.3 Å². The van der Waals surface area contributed by atoms with Crippen LogP contribution in [-0.2, 0) is 18.5 Å². The van der Waals surface area contributed by atoms with Gasteiger partial charge in [-0.05, 0) is 12.8 Å². The van der Waals surface area contributed by atoms with Crippen molar-refractivity contribution in [2.75, 3.05) is 0 Å². The van der Waals surface area contributed by atoms with E-state index in [1.54, 1.807) is 11.8 Å². The van der Waals surface area contributed by atoms with Crippen LogP contribution < -0.4 is 5.32 Å². The van der Waals surface area contributed by atoms with Gasteiger partial charge < -0.3 is 5.32 Å². The van der Waals surface area contributed by atoms with Crippen LogP contribution in [0.3, 0.4) is 0 Å². The summed E-state index contributed by atoms with van der Waals surface area (Å²) in [5.74, 6) is 0.597. The Bertz CT molecular complexity index is 452. The lowest BCUT2D eigenvalue weighted by Crippen LogP contribution is -2.23. The van der Waals surface area contributed by atoms with Crippen LogP contribution in [0.4, 0.5) is 13.2 Å². The molecule has 0 amide bonds. The number of hydrogen-bond acceptors (Lipinski definition) is 4. The Morgan fingerprint density at radius 2 is 2.00 bits per heavy atom. The first-order chi connectivity index (χ1) is 9.86. The standard InChI is InChI=1S/C14H21F3N2S2/c1-9(2)18-7-11-13(14(15,16)17)19-12(21-11)8-20-10-5-3-4-6-10/h9-10,18H,3-8H2,1-2H3. The summed E-state index contributed by atoms with van der Waals surface area (Å²) in [5, 5.41) is 4.24. The summed E-state index contributed by atoms with van der Waals surface area (Å²) in [5.41, 5.74) is -0.706. The third kappa shape index (κ3) is 5.14. The molecule has 120 valence electrons. The van der Waals surface area contributed by atoms with Crippen LogP contribution in [0.15, 0.2) is 0 Å². The molecule has 0 saturated heterocycles. The molecule has 0 bridgehead atoms. The first kappa shape index (κ1) is 17.1. The molecule has 2 nitrogen and oxygen atoms in total. The SMILES string of the molecule is CC(C)NCc1sc(CSC2CCCC2)nc1C(F)(F)F. The molecule has 1 aliphatic carbocycles. The number of hydrogen-bond donors (Lipinski definition) is 1. The summed E-state index contributed by atoms with van der Waals surface area (Å²) >= 11 is 2.95. The summed E-state index contributed by atoms with van der Waals surface area (Å²) < 4.78 is 39.1. The maximum absolute atomic E-state index is 13.0. The van der Waals surface area contributed by atoms with E-state index in [2.05, 4.69) is 10.3 Å². The lowest BCUT2D eigenvalue weighted by molar-refractivity contribution is -0.141. The number of halogens is 3. The van der Waals surface area contributed by atoms with Crippen LogP contribution in [0.5, 0.6) is 0 Å². The van der Waals surface area contributed by atoms with E-state index >= 15 is 0 Å². The third-order valence-electron chi connectivity index (χ3n) is 3.43. The fraction of sp³-hybridized carbons (Fsp3) is 0.786. The Hall–Kier alpha value is -0.270. The van der Waals surface area contributed by atoms with Crippen molar-refractivity contribution >= 4 is 23.1 Å². The molecule has 7 heteroatoms. The van der Waals surface area contributed by atoms with Crippen LogP contribution in [0.25, 0.3) is 0 Å². The Balaban J connectivity index is 2.03. The van der Waals surface area contributed by atoms with Crippen molar-refractivity contribution < 1.29 is 13.2 Å². The smallest absolute Gasteiger partial charge is 0.310 e. The van der Waals surface area contributed by atoms with Gasteiger partial charge in [0.2, 0.25) is 0 Å². The lowest BCUT2D eigenvalue weighted by atomic mass is 10.3. The van der Waals surface area contributed by atoms with E-state index in [0.29, 0.717) is 20.9 Å². The topological polar surface area (TPSA) is 24.9 Å². The molecule has 1 saturated carbocycles. The van der Waals surface area contributed by atoms with Crippen molar-refractivity contribution in [2.45, 2.75) is 69.3 Å². The summed E-state index contributed by atoms with van der Waals surface area (Å²) in [7, 11) is 0. The van der Waals surface area contributed by atoms with Gasteiger partial charge in [0.15, 0.2) is 5.69 Å². The molecular weight excluding hydrogens is 317 g/mol. The van der Waals surface area contributed by atoms with Crippen molar-refractivity contribution in [1.82, 2.24) is 10.3 Å². The van der Waals surface area contributed by atoms with Gasteiger partial charge in [-0.3, -0.25) is 0 Å². The molecule has 1 N–H and O–H groups in total. The second kappa shape index (κ2) is 7.33. The molecule has 0 aromatic carbocycles. The molecule has 1 aliphatic rings. The fourth-order valence-corrected chi connectivity index (χ4v) is 4.73. The summed E-state index contributed by atoms with van der Waals surface area (Å²) in [6.07, 6.45) is 0.494. The molecule has 2 rings (SSSR count). The minimum Gasteiger partial charge on any atom is -0.310 e. The number of nitrogens with zero attached hydrogens (tertiary/aromatic N) is 1. The third-order valence-corrected chi connectivity index (χ3v) is 6.05. The van der Waals surface area contributed by atoms with Crippen molar-refractivity contribution in [2.24, 2.45) is 0 Å². The molecule has 0 unspecified atom stereocenters. The Morgan fingerprint density at radius 1 is 1.33 bits per heavy atom. The van der Waals surface area contributed by atoms with Gasteiger partial charge in [-0.15, -0.1) is 11.3 Å². The molecule has 1 heterocycles. The van der Waals surface area contributed by atoms with Crippen LogP contribution >= 0.6 is 23.1 Å². The highest BCUT2D eigenvalue weighted by Crippen LogP contribution is 2.37. The highest BCUT2D eigenvalue weighted by atomic mass is 32.2. The maximum Gasteiger partial charge on any atom is 0.434 e. The lowest BCUT2D eigenvalue weighted by Gasteiger charge is -2.09. The van der Waals surface area contributed by atoms with Gasteiger partial charge in [0.05, 0.1) is 4.88 Å². The largest absolute Gasteiger partial charge is 0.434 e. The van der Waals surface area contributed by atoms with Gasteiger partial charge in [-0.2, -0.15) is 24.9 Å². The Morgan fingerprint density at radius 3 is 2.57 bits per heavy atom. The number of thioether (sulfide) groups is 1. The van der Waals surface area contributed by atoms with E-state index in [4.69, 9.17) is 0 Å². The van der Waals surface area contributed by atoms with Crippen LogP contribution in [0, 0.1) is 0 Å². The number of rotatable bonds is 6. The predicted molar refractivity (Wildman–Crippen MR) is 82.6 cm³/mol. The normalized spacial score (nSPS) is 17.0. The monoisotopic (exact) mass is 338 g/mol. The van der Waals surface area contributed by atoms with E-state index in [1.807, 2.05) is 13.8 Å².